The second-order valence-corrected chi connectivity index (χ2v) is 5.00. The fraction of sp³-hybridized carbons (Fsp3) is 1.00. The minimum atomic E-state index is -5.93. The third-order valence-electron chi connectivity index (χ3n) is 1.17. The highest BCUT2D eigenvalue weighted by molar-refractivity contribution is 6.71. The molecule has 0 aliphatic heterocycles. The Balaban J connectivity index is 5.54. The van der Waals surface area contributed by atoms with Crippen LogP contribution in [-0.2, 0) is 0 Å². The van der Waals surface area contributed by atoms with Crippen LogP contribution in [-0.4, -0.2) is 21.0 Å². The predicted molar refractivity (Wildman–Crippen MR) is 41.0 cm³/mol. The Kier molecular flexibility index (Phi) is 3.84. The third kappa shape index (κ3) is 2.28. The van der Waals surface area contributed by atoms with E-state index in [1.165, 1.54) is 0 Å². The molecule has 0 aliphatic carbocycles. The first-order chi connectivity index (χ1) is 5.75. The summed E-state index contributed by atoms with van der Waals surface area (Å²) < 4.78 is 68.2. The van der Waals surface area contributed by atoms with E-state index in [-0.39, 0.29) is 0 Å². The van der Waals surface area contributed by atoms with Crippen molar-refractivity contribution in [2.75, 3.05) is 0 Å². The van der Waals surface area contributed by atoms with Gasteiger partial charge in [-0.2, -0.15) is 26.3 Å². The normalized spacial score (nSPS) is 15.9. The summed E-state index contributed by atoms with van der Waals surface area (Å²) in [5.74, 6) is 0. The zero-order chi connectivity index (χ0) is 12.0. The van der Waals surface area contributed by atoms with E-state index in [0.717, 1.165) is 0 Å². The molecular formula is C4Cl4F6. The maximum Gasteiger partial charge on any atom is 0.420 e. The molecule has 10 heteroatoms. The molecule has 14 heavy (non-hydrogen) atoms. The summed E-state index contributed by atoms with van der Waals surface area (Å²) in [5.41, 5.74) is 0. The van der Waals surface area contributed by atoms with Gasteiger partial charge in [-0.3, -0.25) is 0 Å². The van der Waals surface area contributed by atoms with Gasteiger partial charge in [0.15, 0.2) is 0 Å². The maximum absolute atomic E-state index is 12.0. The Hall–Kier alpha value is 0.740. The number of hydrogen-bond donors (Lipinski definition) is 0. The second kappa shape index (κ2) is 3.64. The molecule has 0 heterocycles. The molecular weight excluding hydrogens is 304 g/mol. The van der Waals surface area contributed by atoms with Crippen molar-refractivity contribution in [1.29, 1.82) is 0 Å². The monoisotopic (exact) mass is 302 g/mol. The molecule has 0 bridgehead atoms. The smallest absolute Gasteiger partial charge is 0.168 e. The maximum atomic E-state index is 12.0. The highest BCUT2D eigenvalue weighted by Gasteiger charge is 2.79. The lowest BCUT2D eigenvalue weighted by molar-refractivity contribution is -0.266. The van der Waals surface area contributed by atoms with Gasteiger partial charge in [0.1, 0.15) is 0 Å². The molecule has 86 valence electrons. The van der Waals surface area contributed by atoms with Gasteiger partial charge in [0.25, 0.3) is 4.87 Å². The summed E-state index contributed by atoms with van der Waals surface area (Å²) in [6.07, 6.45) is -11.9. The number of halogens is 10. The van der Waals surface area contributed by atoms with Crippen LogP contribution in [0.4, 0.5) is 26.3 Å². The van der Waals surface area contributed by atoms with Crippen LogP contribution in [0, 0.1) is 0 Å². The van der Waals surface area contributed by atoms with Crippen LogP contribution in [0.1, 0.15) is 0 Å². The van der Waals surface area contributed by atoms with E-state index in [0.29, 0.717) is 0 Å². The predicted octanol–water partition coefficient (Wildman–Crippen LogP) is 4.46. The molecule has 0 spiro atoms. The van der Waals surface area contributed by atoms with Crippen LogP contribution in [0.3, 0.4) is 0 Å². The molecule has 0 rings (SSSR count). The van der Waals surface area contributed by atoms with E-state index in [9.17, 15) is 26.3 Å². The Bertz CT molecular complexity index is 175. The first-order valence-electron chi connectivity index (χ1n) is 2.64. The average molecular weight is 304 g/mol. The molecule has 0 N–H and O–H groups in total. The molecule has 0 aromatic heterocycles. The fourth-order valence-electron chi connectivity index (χ4n) is 0.482. The first kappa shape index (κ1) is 14.7. The van der Waals surface area contributed by atoms with Crippen molar-refractivity contribution in [2.45, 2.75) is 21.0 Å². The van der Waals surface area contributed by atoms with Crippen LogP contribution in [0.15, 0.2) is 0 Å². The van der Waals surface area contributed by atoms with E-state index in [4.69, 9.17) is 0 Å². The third-order valence-corrected chi connectivity index (χ3v) is 3.02. The molecule has 0 radical (unpaired) electrons. The summed E-state index contributed by atoms with van der Waals surface area (Å²) in [4.78, 5) is -4.92. The van der Waals surface area contributed by atoms with Crippen molar-refractivity contribution in [3.05, 3.63) is 0 Å². The molecule has 0 aliphatic rings. The first-order valence-corrected chi connectivity index (χ1v) is 4.15. The summed E-state index contributed by atoms with van der Waals surface area (Å²) in [5, 5.41) is 0. The number of hydrogen-bond acceptors (Lipinski definition) is 0. The summed E-state index contributed by atoms with van der Waals surface area (Å²) in [6.45, 7) is 0. The Morgan fingerprint density at radius 3 is 0.786 bits per heavy atom. The van der Waals surface area contributed by atoms with Crippen LogP contribution in [0.5, 0.6) is 0 Å². The van der Waals surface area contributed by atoms with Crippen molar-refractivity contribution in [1.82, 2.24) is 0 Å². The molecule has 0 aromatic rings. The van der Waals surface area contributed by atoms with E-state index < -0.39 is 21.0 Å². The molecule has 0 amide bonds. The van der Waals surface area contributed by atoms with Crippen LogP contribution < -0.4 is 0 Å². The Morgan fingerprint density at radius 2 is 0.786 bits per heavy atom. The highest BCUT2D eigenvalue weighted by atomic mass is 35.6. The van der Waals surface area contributed by atoms with Crippen LogP contribution in [0.2, 0.25) is 0 Å². The van der Waals surface area contributed by atoms with Gasteiger partial charge in [0, 0.05) is 0 Å². The fourth-order valence-corrected chi connectivity index (χ4v) is 1.13. The molecule has 0 unspecified atom stereocenters. The van der Waals surface area contributed by atoms with Crippen molar-refractivity contribution < 1.29 is 26.3 Å². The zero-order valence-electron chi connectivity index (χ0n) is 5.78. The van der Waals surface area contributed by atoms with Gasteiger partial charge in [-0.1, -0.05) is 46.4 Å². The average Bonchev–Trinajstić information content (AvgIpc) is 1.77. The summed E-state index contributed by atoms with van der Waals surface area (Å²) >= 11 is 18.0. The van der Waals surface area contributed by atoms with Gasteiger partial charge in [0.05, 0.1) is 0 Å². The SMILES string of the molecule is FC(F)(F)C(Cl)(C(F)(F)F)C(Cl)(Cl)Cl. The molecule has 0 nitrogen and oxygen atoms in total. The molecule has 0 atom stereocenters. The van der Waals surface area contributed by atoms with Gasteiger partial charge in [-0.05, 0) is 0 Å². The van der Waals surface area contributed by atoms with Crippen molar-refractivity contribution in [3.8, 4) is 0 Å². The van der Waals surface area contributed by atoms with Crippen molar-refractivity contribution >= 4 is 46.4 Å². The summed E-state index contributed by atoms with van der Waals surface area (Å²) in [6, 6.07) is 0. The van der Waals surface area contributed by atoms with E-state index in [2.05, 4.69) is 46.4 Å². The zero-order valence-corrected chi connectivity index (χ0v) is 8.80. The molecule has 0 saturated carbocycles. The molecule has 0 saturated heterocycles. The van der Waals surface area contributed by atoms with Gasteiger partial charge < -0.3 is 0 Å². The standard InChI is InChI=1S/C4Cl4F6/c5-1(2(6,7)8,3(9,10)11)4(12,13)14. The Morgan fingerprint density at radius 1 is 0.571 bits per heavy atom. The number of alkyl halides is 10. The van der Waals surface area contributed by atoms with Crippen molar-refractivity contribution in [2.24, 2.45) is 0 Å². The summed E-state index contributed by atoms with van der Waals surface area (Å²) in [7, 11) is 0. The van der Waals surface area contributed by atoms with Crippen molar-refractivity contribution in [3.63, 3.8) is 0 Å². The minimum Gasteiger partial charge on any atom is -0.168 e. The van der Waals surface area contributed by atoms with Gasteiger partial charge in [-0.25, -0.2) is 0 Å². The Labute approximate surface area is 94.0 Å². The molecule has 0 fully saturated rings. The van der Waals surface area contributed by atoms with E-state index in [1.807, 2.05) is 0 Å². The lowest BCUT2D eigenvalue weighted by atomic mass is 10.1. The van der Waals surface area contributed by atoms with E-state index in [1.54, 1.807) is 0 Å². The topological polar surface area (TPSA) is 0 Å². The minimum absolute atomic E-state index is 3.74. The lowest BCUT2D eigenvalue weighted by Crippen LogP contribution is -2.60. The van der Waals surface area contributed by atoms with Gasteiger partial charge >= 0.3 is 12.4 Å². The lowest BCUT2D eigenvalue weighted by Gasteiger charge is -2.36. The highest BCUT2D eigenvalue weighted by Crippen LogP contribution is 2.59. The quantitative estimate of drug-likeness (QED) is 0.458. The van der Waals surface area contributed by atoms with Crippen LogP contribution >= 0.6 is 46.4 Å². The van der Waals surface area contributed by atoms with E-state index >= 15 is 0 Å². The van der Waals surface area contributed by atoms with Gasteiger partial charge in [0.2, 0.25) is 3.79 Å². The second-order valence-electron chi connectivity index (χ2n) is 2.15. The molecule has 0 aromatic carbocycles. The van der Waals surface area contributed by atoms with Crippen LogP contribution in [0.25, 0.3) is 0 Å². The van der Waals surface area contributed by atoms with Gasteiger partial charge in [-0.15, -0.1) is 0 Å². The largest absolute Gasteiger partial charge is 0.420 e. The number of rotatable bonds is 0.